The van der Waals surface area contributed by atoms with Crippen molar-refractivity contribution >= 4 is 11.8 Å². The molecular weight excluding hydrogens is 274 g/mol. The molecule has 2 heterocycles. The number of ether oxygens (including phenoxy) is 2. The third kappa shape index (κ3) is 2.57. The molecule has 0 saturated carbocycles. The van der Waals surface area contributed by atoms with Crippen molar-refractivity contribution < 1.29 is 24.2 Å². The number of hydrogen-bond acceptors (Lipinski definition) is 5. The van der Waals surface area contributed by atoms with E-state index >= 15 is 0 Å². The number of piperidine rings is 1. The van der Waals surface area contributed by atoms with Gasteiger partial charge in [0.25, 0.3) is 5.91 Å². The van der Waals surface area contributed by atoms with Gasteiger partial charge in [-0.1, -0.05) is 12.1 Å². The van der Waals surface area contributed by atoms with Gasteiger partial charge >= 0.3 is 5.97 Å². The van der Waals surface area contributed by atoms with Crippen LogP contribution in [0.3, 0.4) is 0 Å². The number of carboxylic acids is 1. The molecule has 0 aromatic heterocycles. The van der Waals surface area contributed by atoms with E-state index in [2.05, 4.69) is 0 Å². The molecule has 0 spiro atoms. The lowest BCUT2D eigenvalue weighted by Gasteiger charge is -2.40. The number of aromatic carboxylic acids is 1. The quantitative estimate of drug-likeness (QED) is 0.902. The van der Waals surface area contributed by atoms with Crippen LogP contribution < -0.4 is 0 Å². The maximum atomic E-state index is 11.4. The van der Waals surface area contributed by atoms with Crippen LogP contribution in [0.25, 0.3) is 0 Å². The predicted octanol–water partition coefficient (Wildman–Crippen LogP) is 1.21. The van der Waals surface area contributed by atoms with Crippen molar-refractivity contribution in [2.45, 2.75) is 18.8 Å². The highest BCUT2D eigenvalue weighted by atomic mass is 16.8. The molecule has 0 radical (unpaired) electrons. The van der Waals surface area contributed by atoms with E-state index in [4.69, 9.17) is 14.6 Å². The van der Waals surface area contributed by atoms with Crippen molar-refractivity contribution in [2.24, 2.45) is 0 Å². The van der Waals surface area contributed by atoms with E-state index in [1.165, 1.54) is 0 Å². The fraction of sp³-hybridized carbons (Fsp3) is 0.467. The highest BCUT2D eigenvalue weighted by Crippen LogP contribution is 2.36. The van der Waals surface area contributed by atoms with Crippen molar-refractivity contribution in [3.63, 3.8) is 0 Å². The van der Waals surface area contributed by atoms with Crippen LogP contribution in [0.15, 0.2) is 24.3 Å². The average Bonchev–Trinajstić information content (AvgIpc) is 2.99. The van der Waals surface area contributed by atoms with Gasteiger partial charge in [0.2, 0.25) is 0 Å². The number of hydrogen-bond donors (Lipinski definition) is 1. The van der Waals surface area contributed by atoms with E-state index in [0.717, 1.165) is 5.56 Å². The average molecular weight is 291 g/mol. The molecule has 6 nitrogen and oxygen atoms in total. The standard InChI is InChI=1S/C15H17NO5/c17-13-5-7-16(8-6-13)15(20-9-10-21-15)12-3-1-11(2-4-12)14(18)19/h1-4H,5-10H2,(H,18,19). The number of ketones is 1. The van der Waals surface area contributed by atoms with Gasteiger partial charge in [-0.25, -0.2) is 9.69 Å². The van der Waals surface area contributed by atoms with Crippen LogP contribution in [0.4, 0.5) is 0 Å². The minimum Gasteiger partial charge on any atom is -0.478 e. The van der Waals surface area contributed by atoms with E-state index in [1.807, 2.05) is 4.90 Å². The van der Waals surface area contributed by atoms with E-state index in [-0.39, 0.29) is 11.3 Å². The van der Waals surface area contributed by atoms with Crippen molar-refractivity contribution in [1.82, 2.24) is 4.90 Å². The zero-order valence-electron chi connectivity index (χ0n) is 11.6. The van der Waals surface area contributed by atoms with Crippen LogP contribution >= 0.6 is 0 Å². The minimum atomic E-state index is -0.988. The lowest BCUT2D eigenvalue weighted by molar-refractivity contribution is -0.271. The lowest BCUT2D eigenvalue weighted by atomic mass is 10.0. The third-order valence-corrected chi connectivity index (χ3v) is 3.91. The van der Waals surface area contributed by atoms with Crippen LogP contribution in [0, 0.1) is 0 Å². The number of benzene rings is 1. The molecule has 2 fully saturated rings. The molecule has 2 saturated heterocycles. The molecule has 3 rings (SSSR count). The highest BCUT2D eigenvalue weighted by molar-refractivity contribution is 5.87. The SMILES string of the molecule is O=C1CCN(C2(c3ccc(C(=O)O)cc3)OCCO2)CC1. The maximum absolute atomic E-state index is 11.4. The zero-order valence-corrected chi connectivity index (χ0v) is 11.6. The summed E-state index contributed by atoms with van der Waals surface area (Å²) in [5.74, 6) is -1.70. The van der Waals surface area contributed by atoms with Crippen LogP contribution in [0.2, 0.25) is 0 Å². The second kappa shape index (κ2) is 5.55. The number of rotatable bonds is 3. The molecule has 1 aromatic carbocycles. The van der Waals surface area contributed by atoms with E-state index < -0.39 is 11.9 Å². The Bertz CT molecular complexity index is 538. The first-order valence-electron chi connectivity index (χ1n) is 7.00. The van der Waals surface area contributed by atoms with Crippen LogP contribution in [-0.2, 0) is 20.2 Å². The molecule has 0 amide bonds. The number of carbonyl (C=O) groups is 2. The van der Waals surface area contributed by atoms with Gasteiger partial charge in [0.1, 0.15) is 5.78 Å². The first-order chi connectivity index (χ1) is 10.1. The van der Waals surface area contributed by atoms with Crippen molar-refractivity contribution in [1.29, 1.82) is 0 Å². The molecular formula is C15H17NO5. The number of carbonyl (C=O) groups excluding carboxylic acids is 1. The number of carboxylic acid groups (broad SMARTS) is 1. The summed E-state index contributed by atoms with van der Waals surface area (Å²) in [7, 11) is 0. The molecule has 1 N–H and O–H groups in total. The molecule has 6 heteroatoms. The molecule has 0 bridgehead atoms. The van der Waals surface area contributed by atoms with Crippen LogP contribution in [0.1, 0.15) is 28.8 Å². The summed E-state index contributed by atoms with van der Waals surface area (Å²) >= 11 is 0. The smallest absolute Gasteiger partial charge is 0.335 e. The lowest BCUT2D eigenvalue weighted by Crippen LogP contribution is -2.50. The summed E-state index contributed by atoms with van der Waals surface area (Å²) in [5, 5.41) is 8.97. The normalized spacial score (nSPS) is 22.4. The molecule has 21 heavy (non-hydrogen) atoms. The van der Waals surface area contributed by atoms with Crippen molar-refractivity contribution in [3.05, 3.63) is 35.4 Å². The Morgan fingerprint density at radius 1 is 1.10 bits per heavy atom. The molecule has 112 valence electrons. The number of likely N-dealkylation sites (tertiary alicyclic amines) is 1. The second-order valence-electron chi connectivity index (χ2n) is 5.19. The molecule has 2 aliphatic heterocycles. The van der Waals surface area contributed by atoms with E-state index in [9.17, 15) is 9.59 Å². The summed E-state index contributed by atoms with van der Waals surface area (Å²) < 4.78 is 11.7. The third-order valence-electron chi connectivity index (χ3n) is 3.91. The Hall–Kier alpha value is -1.76. The molecule has 0 aliphatic carbocycles. The van der Waals surface area contributed by atoms with Gasteiger partial charge in [-0.3, -0.25) is 4.79 Å². The van der Waals surface area contributed by atoms with Crippen LogP contribution in [0.5, 0.6) is 0 Å². The summed E-state index contributed by atoms with van der Waals surface area (Å²) in [6.45, 7) is 2.12. The summed E-state index contributed by atoms with van der Waals surface area (Å²) in [6.07, 6.45) is 0.976. The second-order valence-corrected chi connectivity index (χ2v) is 5.19. The summed E-state index contributed by atoms with van der Waals surface area (Å²) in [5.41, 5.74) is 0.986. The monoisotopic (exact) mass is 291 g/mol. The van der Waals surface area contributed by atoms with Gasteiger partial charge in [-0.2, -0.15) is 0 Å². The number of nitrogens with zero attached hydrogens (tertiary/aromatic N) is 1. The Balaban J connectivity index is 1.89. The zero-order chi connectivity index (χ0) is 14.9. The summed E-state index contributed by atoms with van der Waals surface area (Å²) in [6, 6.07) is 6.51. The first kappa shape index (κ1) is 14.2. The Morgan fingerprint density at radius 2 is 1.67 bits per heavy atom. The molecule has 1 aromatic rings. The Labute approximate surface area is 122 Å². The Morgan fingerprint density at radius 3 is 2.19 bits per heavy atom. The van der Waals surface area contributed by atoms with Gasteiger partial charge in [-0.05, 0) is 12.1 Å². The van der Waals surface area contributed by atoms with Crippen molar-refractivity contribution in [3.8, 4) is 0 Å². The molecule has 0 atom stereocenters. The largest absolute Gasteiger partial charge is 0.478 e. The Kier molecular flexibility index (Phi) is 3.75. The fourth-order valence-corrected chi connectivity index (χ4v) is 2.81. The van der Waals surface area contributed by atoms with Gasteiger partial charge < -0.3 is 14.6 Å². The maximum Gasteiger partial charge on any atom is 0.335 e. The van der Waals surface area contributed by atoms with Gasteiger partial charge in [0, 0.05) is 31.5 Å². The van der Waals surface area contributed by atoms with E-state index in [0.29, 0.717) is 39.1 Å². The van der Waals surface area contributed by atoms with E-state index in [1.54, 1.807) is 24.3 Å². The van der Waals surface area contributed by atoms with Gasteiger partial charge in [-0.15, -0.1) is 0 Å². The topological polar surface area (TPSA) is 76.1 Å². The predicted molar refractivity (Wildman–Crippen MR) is 72.8 cm³/mol. The van der Waals surface area contributed by atoms with Crippen molar-refractivity contribution in [2.75, 3.05) is 26.3 Å². The van der Waals surface area contributed by atoms with Crippen LogP contribution in [-0.4, -0.2) is 48.1 Å². The summed E-state index contributed by atoms with van der Waals surface area (Å²) in [4.78, 5) is 24.4. The fourth-order valence-electron chi connectivity index (χ4n) is 2.81. The highest BCUT2D eigenvalue weighted by Gasteiger charge is 2.45. The van der Waals surface area contributed by atoms with Gasteiger partial charge in [0.05, 0.1) is 18.8 Å². The first-order valence-corrected chi connectivity index (χ1v) is 7.00. The molecule has 2 aliphatic rings. The minimum absolute atomic E-state index is 0.223. The molecule has 0 unspecified atom stereocenters. The van der Waals surface area contributed by atoms with Gasteiger partial charge in [0.15, 0.2) is 0 Å². The number of Topliss-reactive ketones (excluding diaryl/α,β-unsaturated/α-hetero) is 1.